The number of hydrogen-bond acceptors (Lipinski definition) is 2. The molecule has 0 aliphatic rings. The summed E-state index contributed by atoms with van der Waals surface area (Å²) in [7, 11) is 0. The minimum Gasteiger partial charge on any atom is -0.355 e. The lowest BCUT2D eigenvalue weighted by Gasteiger charge is -2.29. The van der Waals surface area contributed by atoms with E-state index in [0.717, 1.165) is 16.7 Å². The van der Waals surface area contributed by atoms with Gasteiger partial charge in [0.1, 0.15) is 6.04 Å². The number of aryl methyl sites for hydroxylation is 2. The van der Waals surface area contributed by atoms with Crippen LogP contribution < -0.4 is 5.32 Å². The first-order valence-electron chi connectivity index (χ1n) is 10.5. The summed E-state index contributed by atoms with van der Waals surface area (Å²) in [6, 6.07) is 16.0. The Bertz CT molecular complexity index is 812. The Kier molecular flexibility index (Phi) is 8.44. The Hall–Kier alpha value is -2.62. The molecule has 0 aromatic heterocycles. The highest BCUT2D eigenvalue weighted by Gasteiger charge is 2.25. The van der Waals surface area contributed by atoms with Crippen LogP contribution in [-0.4, -0.2) is 29.3 Å². The molecule has 0 saturated carbocycles. The van der Waals surface area contributed by atoms with Gasteiger partial charge in [-0.05, 0) is 49.8 Å². The van der Waals surface area contributed by atoms with E-state index in [0.29, 0.717) is 31.8 Å². The number of carbonyl (C=O) groups excluding carboxylic acids is 2. The maximum Gasteiger partial charge on any atom is 0.242 e. The molecule has 0 saturated heterocycles. The van der Waals surface area contributed by atoms with Crippen molar-refractivity contribution in [3.05, 3.63) is 70.8 Å². The molecule has 4 nitrogen and oxygen atoms in total. The summed E-state index contributed by atoms with van der Waals surface area (Å²) < 4.78 is 0. The van der Waals surface area contributed by atoms with Crippen molar-refractivity contribution < 1.29 is 9.59 Å². The second-order valence-electron chi connectivity index (χ2n) is 7.98. The number of rotatable bonds is 9. The third-order valence-corrected chi connectivity index (χ3v) is 5.23. The Labute approximate surface area is 175 Å². The molecule has 0 fully saturated rings. The molecule has 1 atom stereocenters. The predicted octanol–water partition coefficient (Wildman–Crippen LogP) is 4.60. The SMILES string of the molecule is CCNC(=O)C(C)N(Cc1cccc(C)c1)C(=O)CCc1ccc(C(C)C)cc1. The summed E-state index contributed by atoms with van der Waals surface area (Å²) in [5.74, 6) is 0.376. The Morgan fingerprint density at radius 2 is 1.69 bits per heavy atom. The third kappa shape index (κ3) is 6.74. The highest BCUT2D eigenvalue weighted by Crippen LogP contribution is 2.17. The number of likely N-dealkylation sites (N-methyl/N-ethyl adjacent to an activating group) is 1. The Morgan fingerprint density at radius 1 is 1.00 bits per heavy atom. The predicted molar refractivity (Wildman–Crippen MR) is 119 cm³/mol. The van der Waals surface area contributed by atoms with E-state index in [1.807, 2.05) is 32.0 Å². The van der Waals surface area contributed by atoms with E-state index < -0.39 is 6.04 Å². The van der Waals surface area contributed by atoms with E-state index in [2.05, 4.69) is 49.5 Å². The maximum absolute atomic E-state index is 13.1. The molecule has 2 rings (SSSR count). The maximum atomic E-state index is 13.1. The minimum absolute atomic E-state index is 0.00167. The average Bonchev–Trinajstić information content (AvgIpc) is 2.70. The van der Waals surface area contributed by atoms with E-state index >= 15 is 0 Å². The molecule has 1 unspecified atom stereocenters. The highest BCUT2D eigenvalue weighted by molar-refractivity contribution is 5.87. The van der Waals surface area contributed by atoms with Crippen molar-refractivity contribution >= 4 is 11.8 Å². The lowest BCUT2D eigenvalue weighted by molar-refractivity contribution is -0.140. The lowest BCUT2D eigenvalue weighted by Crippen LogP contribution is -2.47. The second kappa shape index (κ2) is 10.8. The third-order valence-electron chi connectivity index (χ3n) is 5.23. The summed E-state index contributed by atoms with van der Waals surface area (Å²) in [6.45, 7) is 11.1. The normalized spacial score (nSPS) is 11.9. The topological polar surface area (TPSA) is 49.4 Å². The van der Waals surface area contributed by atoms with Crippen LogP contribution in [-0.2, 0) is 22.6 Å². The quantitative estimate of drug-likeness (QED) is 0.675. The number of nitrogens with one attached hydrogen (secondary N) is 1. The van der Waals surface area contributed by atoms with Gasteiger partial charge in [0.2, 0.25) is 11.8 Å². The van der Waals surface area contributed by atoms with Crippen molar-refractivity contribution in [1.82, 2.24) is 10.2 Å². The number of hydrogen-bond donors (Lipinski definition) is 1. The molecule has 4 heteroatoms. The molecule has 0 radical (unpaired) electrons. The molecular formula is C25H34N2O2. The van der Waals surface area contributed by atoms with Crippen LogP contribution in [0.2, 0.25) is 0 Å². The van der Waals surface area contributed by atoms with Gasteiger partial charge < -0.3 is 10.2 Å². The van der Waals surface area contributed by atoms with Crippen molar-refractivity contribution in [3.63, 3.8) is 0 Å². The van der Waals surface area contributed by atoms with E-state index in [1.165, 1.54) is 5.56 Å². The van der Waals surface area contributed by atoms with Crippen LogP contribution in [0.25, 0.3) is 0 Å². The van der Waals surface area contributed by atoms with Crippen molar-refractivity contribution in [2.45, 2.75) is 66.0 Å². The first kappa shape index (κ1) is 22.7. The van der Waals surface area contributed by atoms with Crippen LogP contribution in [0.3, 0.4) is 0 Å². The molecule has 29 heavy (non-hydrogen) atoms. The van der Waals surface area contributed by atoms with Gasteiger partial charge in [0, 0.05) is 19.5 Å². The van der Waals surface area contributed by atoms with Gasteiger partial charge in [-0.25, -0.2) is 0 Å². The summed E-state index contributed by atoms with van der Waals surface area (Å²) in [4.78, 5) is 27.2. The Balaban J connectivity index is 2.11. The Morgan fingerprint density at radius 3 is 2.28 bits per heavy atom. The lowest BCUT2D eigenvalue weighted by atomic mass is 10.00. The average molecular weight is 395 g/mol. The fourth-order valence-corrected chi connectivity index (χ4v) is 3.38. The van der Waals surface area contributed by atoms with E-state index in [1.54, 1.807) is 11.8 Å². The van der Waals surface area contributed by atoms with Gasteiger partial charge in [0.25, 0.3) is 0 Å². The van der Waals surface area contributed by atoms with Crippen molar-refractivity contribution in [3.8, 4) is 0 Å². The van der Waals surface area contributed by atoms with Gasteiger partial charge in [-0.15, -0.1) is 0 Å². The molecule has 2 aromatic carbocycles. The zero-order valence-corrected chi connectivity index (χ0v) is 18.4. The molecule has 1 N–H and O–H groups in total. The highest BCUT2D eigenvalue weighted by atomic mass is 16.2. The molecule has 0 aliphatic heterocycles. The fourth-order valence-electron chi connectivity index (χ4n) is 3.38. The summed E-state index contributed by atoms with van der Waals surface area (Å²) in [6.07, 6.45) is 1.06. The van der Waals surface area contributed by atoms with Crippen LogP contribution in [0.1, 0.15) is 62.3 Å². The zero-order chi connectivity index (χ0) is 21.4. The van der Waals surface area contributed by atoms with E-state index in [4.69, 9.17) is 0 Å². The van der Waals surface area contributed by atoms with Gasteiger partial charge in [-0.2, -0.15) is 0 Å². The van der Waals surface area contributed by atoms with Crippen LogP contribution in [0.5, 0.6) is 0 Å². The number of amides is 2. The molecule has 2 aromatic rings. The molecule has 0 bridgehead atoms. The molecule has 156 valence electrons. The summed E-state index contributed by atoms with van der Waals surface area (Å²) in [5.41, 5.74) is 4.62. The van der Waals surface area contributed by atoms with E-state index in [9.17, 15) is 9.59 Å². The second-order valence-corrected chi connectivity index (χ2v) is 7.98. The van der Waals surface area contributed by atoms with Gasteiger partial charge in [0.15, 0.2) is 0 Å². The van der Waals surface area contributed by atoms with Crippen LogP contribution >= 0.6 is 0 Å². The van der Waals surface area contributed by atoms with Crippen LogP contribution in [0.4, 0.5) is 0 Å². The summed E-state index contributed by atoms with van der Waals surface area (Å²) >= 11 is 0. The van der Waals surface area contributed by atoms with Gasteiger partial charge in [-0.1, -0.05) is 67.9 Å². The largest absolute Gasteiger partial charge is 0.355 e. The smallest absolute Gasteiger partial charge is 0.242 e. The van der Waals surface area contributed by atoms with Crippen molar-refractivity contribution in [2.24, 2.45) is 0 Å². The van der Waals surface area contributed by atoms with Crippen molar-refractivity contribution in [1.29, 1.82) is 0 Å². The van der Waals surface area contributed by atoms with Gasteiger partial charge in [-0.3, -0.25) is 9.59 Å². The monoisotopic (exact) mass is 394 g/mol. The van der Waals surface area contributed by atoms with Crippen molar-refractivity contribution in [2.75, 3.05) is 6.54 Å². The zero-order valence-electron chi connectivity index (χ0n) is 18.4. The van der Waals surface area contributed by atoms with Crippen LogP contribution in [0, 0.1) is 6.92 Å². The molecule has 0 aliphatic carbocycles. The van der Waals surface area contributed by atoms with E-state index in [-0.39, 0.29) is 11.8 Å². The van der Waals surface area contributed by atoms with Gasteiger partial charge >= 0.3 is 0 Å². The molecule has 2 amide bonds. The standard InChI is InChI=1S/C25H34N2O2/c1-6-26-25(29)20(5)27(17-22-9-7-8-19(4)16-22)24(28)15-12-21-10-13-23(14-11-21)18(2)3/h7-11,13-14,16,18,20H,6,12,15,17H2,1-5H3,(H,26,29). The van der Waals surface area contributed by atoms with Crippen LogP contribution in [0.15, 0.2) is 48.5 Å². The molecule has 0 heterocycles. The van der Waals surface area contributed by atoms with Gasteiger partial charge in [0.05, 0.1) is 0 Å². The number of nitrogens with zero attached hydrogens (tertiary/aromatic N) is 1. The number of carbonyl (C=O) groups is 2. The number of benzene rings is 2. The minimum atomic E-state index is -0.508. The summed E-state index contributed by atoms with van der Waals surface area (Å²) in [5, 5.41) is 2.84. The fraction of sp³-hybridized carbons (Fsp3) is 0.440. The molecular weight excluding hydrogens is 360 g/mol. The first-order chi connectivity index (χ1) is 13.8. The molecule has 0 spiro atoms. The first-order valence-corrected chi connectivity index (χ1v) is 10.5.